The maximum absolute atomic E-state index is 11.9. The first kappa shape index (κ1) is 13.1. The number of carboxylic acids is 1. The summed E-state index contributed by atoms with van der Waals surface area (Å²) in [4.78, 5) is 31.4. The molecule has 0 aliphatic carbocycles. The van der Waals surface area contributed by atoms with Gasteiger partial charge in [-0.25, -0.2) is 4.98 Å². The predicted octanol–water partition coefficient (Wildman–Crippen LogP) is 2.17. The molecule has 0 aliphatic heterocycles. The van der Waals surface area contributed by atoms with Gasteiger partial charge < -0.3 is 10.1 Å². The fourth-order valence-corrected chi connectivity index (χ4v) is 3.33. The number of aryl methyl sites for hydroxylation is 2. The van der Waals surface area contributed by atoms with Crippen molar-refractivity contribution >= 4 is 39.3 Å². The fraction of sp³-hybridized carbons (Fsp3) is 0.364. The first-order valence-electron chi connectivity index (χ1n) is 5.29. The van der Waals surface area contributed by atoms with Crippen molar-refractivity contribution in [3.05, 3.63) is 20.8 Å². The normalized spacial score (nSPS) is 12.8. The van der Waals surface area contributed by atoms with Gasteiger partial charge in [-0.05, 0) is 26.3 Å². The van der Waals surface area contributed by atoms with Crippen LogP contribution in [0.3, 0.4) is 0 Å². The van der Waals surface area contributed by atoms with E-state index >= 15 is 0 Å². The first-order chi connectivity index (χ1) is 8.40. The molecular weight excluding hydrogens is 272 g/mol. The Morgan fingerprint density at radius 3 is 2.78 bits per heavy atom. The van der Waals surface area contributed by atoms with Crippen LogP contribution in [-0.2, 0) is 4.79 Å². The average molecular weight is 284 g/mol. The van der Waals surface area contributed by atoms with Crippen molar-refractivity contribution in [2.45, 2.75) is 31.2 Å². The van der Waals surface area contributed by atoms with Crippen molar-refractivity contribution < 1.29 is 9.90 Å². The van der Waals surface area contributed by atoms with E-state index in [-0.39, 0.29) is 5.56 Å². The van der Waals surface area contributed by atoms with Crippen molar-refractivity contribution in [2.24, 2.45) is 0 Å². The Bertz CT molecular complexity index is 675. The molecule has 5 nitrogen and oxygen atoms in total. The zero-order valence-corrected chi connectivity index (χ0v) is 11.7. The number of carbonyl (C=O) groups is 1. The molecule has 1 atom stereocenters. The number of H-pyrrole nitrogens is 1. The smallest absolute Gasteiger partial charge is 0.316 e. The van der Waals surface area contributed by atoms with Crippen LogP contribution in [0.1, 0.15) is 17.4 Å². The summed E-state index contributed by atoms with van der Waals surface area (Å²) in [6.07, 6.45) is 0. The Balaban J connectivity index is 2.50. The molecule has 0 aliphatic rings. The minimum atomic E-state index is -0.929. The van der Waals surface area contributed by atoms with Crippen molar-refractivity contribution in [1.29, 1.82) is 0 Å². The maximum atomic E-state index is 11.9. The van der Waals surface area contributed by atoms with Crippen LogP contribution in [0.2, 0.25) is 0 Å². The number of carboxylic acid groups (broad SMARTS) is 1. The van der Waals surface area contributed by atoms with Crippen LogP contribution >= 0.6 is 23.1 Å². The van der Waals surface area contributed by atoms with E-state index in [4.69, 9.17) is 5.11 Å². The second-order valence-electron chi connectivity index (χ2n) is 3.93. The van der Waals surface area contributed by atoms with Crippen molar-refractivity contribution in [1.82, 2.24) is 9.97 Å². The lowest BCUT2D eigenvalue weighted by Gasteiger charge is -2.04. The highest BCUT2D eigenvalue weighted by molar-refractivity contribution is 8.00. The monoisotopic (exact) mass is 284 g/mol. The molecular formula is C11H12N2O3S2. The van der Waals surface area contributed by atoms with Gasteiger partial charge in [0.1, 0.15) is 10.1 Å². The summed E-state index contributed by atoms with van der Waals surface area (Å²) in [5, 5.41) is 9.14. The van der Waals surface area contributed by atoms with E-state index in [0.29, 0.717) is 15.4 Å². The second-order valence-corrected chi connectivity index (χ2v) is 6.47. The lowest BCUT2D eigenvalue weighted by atomic mass is 10.2. The number of nitrogens with one attached hydrogen (secondary N) is 1. The topological polar surface area (TPSA) is 83.0 Å². The van der Waals surface area contributed by atoms with Gasteiger partial charge in [-0.15, -0.1) is 11.3 Å². The summed E-state index contributed by atoms with van der Waals surface area (Å²) in [7, 11) is 0. The van der Waals surface area contributed by atoms with Crippen molar-refractivity contribution in [3.63, 3.8) is 0 Å². The number of hydrogen-bond acceptors (Lipinski definition) is 5. The quantitative estimate of drug-likeness (QED) is 0.666. The lowest BCUT2D eigenvalue weighted by molar-refractivity contribution is -0.136. The molecule has 0 radical (unpaired) electrons. The Labute approximate surface area is 111 Å². The number of thiophene rings is 1. The number of rotatable bonds is 3. The van der Waals surface area contributed by atoms with E-state index in [1.54, 1.807) is 6.92 Å². The molecule has 7 heteroatoms. The van der Waals surface area contributed by atoms with E-state index in [0.717, 1.165) is 22.2 Å². The highest BCUT2D eigenvalue weighted by Gasteiger charge is 2.17. The van der Waals surface area contributed by atoms with Crippen LogP contribution in [0, 0.1) is 13.8 Å². The zero-order chi connectivity index (χ0) is 13.4. The summed E-state index contributed by atoms with van der Waals surface area (Å²) < 4.78 is 0. The standard InChI is InChI=1S/C11H12N2O3S2/c1-4-5(2)17-9-7(4)8(14)12-11(13-9)18-6(3)10(15)16/h6H,1-3H3,(H,15,16)(H,12,13,14). The Morgan fingerprint density at radius 1 is 1.50 bits per heavy atom. The minimum Gasteiger partial charge on any atom is -0.480 e. The molecule has 0 aromatic carbocycles. The second kappa shape index (κ2) is 4.74. The number of nitrogens with zero attached hydrogens (tertiary/aromatic N) is 1. The van der Waals surface area contributed by atoms with E-state index in [1.807, 2.05) is 13.8 Å². The molecule has 2 aromatic heterocycles. The van der Waals surface area contributed by atoms with Gasteiger partial charge in [0.05, 0.1) is 5.39 Å². The molecule has 0 saturated carbocycles. The number of thioether (sulfide) groups is 1. The Kier molecular flexibility index (Phi) is 3.45. The van der Waals surface area contributed by atoms with Crippen LogP contribution in [0.25, 0.3) is 10.2 Å². The predicted molar refractivity (Wildman–Crippen MR) is 72.7 cm³/mol. The van der Waals surface area contributed by atoms with Crippen LogP contribution in [0.4, 0.5) is 0 Å². The Morgan fingerprint density at radius 2 is 2.17 bits per heavy atom. The van der Waals surface area contributed by atoms with Crippen LogP contribution in [0.5, 0.6) is 0 Å². The summed E-state index contributed by atoms with van der Waals surface area (Å²) in [6, 6.07) is 0. The Hall–Kier alpha value is -1.34. The number of hydrogen-bond donors (Lipinski definition) is 2. The molecule has 0 spiro atoms. The number of fused-ring (bicyclic) bond motifs is 1. The van der Waals surface area contributed by atoms with Crippen LogP contribution < -0.4 is 5.56 Å². The first-order valence-corrected chi connectivity index (χ1v) is 6.99. The number of aliphatic carboxylic acids is 1. The van der Waals surface area contributed by atoms with Gasteiger partial charge in [0.15, 0.2) is 5.16 Å². The van der Waals surface area contributed by atoms with Gasteiger partial charge in [0.2, 0.25) is 0 Å². The molecule has 0 bridgehead atoms. The van der Waals surface area contributed by atoms with E-state index in [1.165, 1.54) is 11.3 Å². The van der Waals surface area contributed by atoms with Crippen molar-refractivity contribution in [3.8, 4) is 0 Å². The van der Waals surface area contributed by atoms with Crippen LogP contribution in [0.15, 0.2) is 9.95 Å². The highest BCUT2D eigenvalue weighted by Crippen LogP contribution is 2.28. The highest BCUT2D eigenvalue weighted by atomic mass is 32.2. The largest absolute Gasteiger partial charge is 0.480 e. The maximum Gasteiger partial charge on any atom is 0.316 e. The van der Waals surface area contributed by atoms with Gasteiger partial charge in [0.25, 0.3) is 5.56 Å². The third kappa shape index (κ3) is 2.28. The third-order valence-electron chi connectivity index (χ3n) is 2.65. The fourth-order valence-electron chi connectivity index (χ4n) is 1.51. The van der Waals surface area contributed by atoms with Gasteiger partial charge in [-0.3, -0.25) is 9.59 Å². The van der Waals surface area contributed by atoms with E-state index < -0.39 is 11.2 Å². The zero-order valence-electron chi connectivity index (χ0n) is 10.1. The summed E-state index contributed by atoms with van der Waals surface area (Å²) >= 11 is 2.49. The van der Waals surface area contributed by atoms with Gasteiger partial charge in [-0.2, -0.15) is 0 Å². The molecule has 2 aromatic rings. The summed E-state index contributed by atoms with van der Waals surface area (Å²) in [6.45, 7) is 5.38. The molecule has 0 amide bonds. The van der Waals surface area contributed by atoms with Gasteiger partial charge in [-0.1, -0.05) is 11.8 Å². The van der Waals surface area contributed by atoms with E-state index in [9.17, 15) is 9.59 Å². The molecule has 2 rings (SSSR count). The van der Waals surface area contributed by atoms with Crippen LogP contribution in [-0.4, -0.2) is 26.3 Å². The minimum absolute atomic E-state index is 0.207. The number of aromatic nitrogens is 2. The summed E-state index contributed by atoms with van der Waals surface area (Å²) in [5.74, 6) is -0.929. The van der Waals surface area contributed by atoms with E-state index in [2.05, 4.69) is 9.97 Å². The van der Waals surface area contributed by atoms with Gasteiger partial charge >= 0.3 is 5.97 Å². The molecule has 2 heterocycles. The molecule has 96 valence electrons. The lowest BCUT2D eigenvalue weighted by Crippen LogP contribution is -2.14. The van der Waals surface area contributed by atoms with Gasteiger partial charge in [0, 0.05) is 4.88 Å². The average Bonchev–Trinajstić information content (AvgIpc) is 2.54. The molecule has 0 saturated heterocycles. The summed E-state index contributed by atoms with van der Waals surface area (Å²) in [5.41, 5.74) is 0.730. The molecule has 1 unspecified atom stereocenters. The molecule has 0 fully saturated rings. The number of aromatic amines is 1. The molecule has 2 N–H and O–H groups in total. The molecule has 18 heavy (non-hydrogen) atoms. The SMILES string of the molecule is Cc1sc2nc(SC(C)C(=O)O)[nH]c(=O)c2c1C. The van der Waals surface area contributed by atoms with Crippen molar-refractivity contribution in [2.75, 3.05) is 0 Å². The third-order valence-corrected chi connectivity index (χ3v) is 4.73.